The van der Waals surface area contributed by atoms with Gasteiger partial charge in [0.25, 0.3) is 0 Å². The zero-order chi connectivity index (χ0) is 16.7. The molecule has 1 saturated heterocycles. The molecule has 1 atom stereocenters. The molecule has 0 radical (unpaired) electrons. The number of unbranched alkanes of at least 4 members (excludes halogenated alkanes) is 1. The van der Waals surface area contributed by atoms with Crippen LogP contribution in [-0.2, 0) is 0 Å². The van der Waals surface area contributed by atoms with Gasteiger partial charge in [0.05, 0.1) is 21.3 Å². The van der Waals surface area contributed by atoms with E-state index in [4.69, 9.17) is 14.2 Å². The molecule has 5 nitrogen and oxygen atoms in total. The van der Waals surface area contributed by atoms with E-state index in [-0.39, 0.29) is 0 Å². The Morgan fingerprint density at radius 1 is 1.00 bits per heavy atom. The molecule has 0 bridgehead atoms. The number of methoxy groups -OCH3 is 3. The highest BCUT2D eigenvalue weighted by atomic mass is 16.5. The molecule has 0 amide bonds. The molecule has 23 heavy (non-hydrogen) atoms. The molecular weight excluding hydrogens is 292 g/mol. The highest BCUT2D eigenvalue weighted by molar-refractivity contribution is 5.52. The summed E-state index contributed by atoms with van der Waals surface area (Å²) < 4.78 is 16.6. The zero-order valence-electron chi connectivity index (χ0n) is 14.9. The van der Waals surface area contributed by atoms with Crippen molar-refractivity contribution in [2.75, 3.05) is 47.5 Å². The van der Waals surface area contributed by atoms with Gasteiger partial charge in [-0.2, -0.15) is 0 Å². The largest absolute Gasteiger partial charge is 0.496 e. The number of nitrogens with zero attached hydrogens (tertiary/aromatic N) is 1. The van der Waals surface area contributed by atoms with Gasteiger partial charge < -0.3 is 19.5 Å². The molecule has 1 aromatic rings. The fourth-order valence-corrected chi connectivity index (χ4v) is 3.24. The van der Waals surface area contributed by atoms with E-state index in [1.165, 1.54) is 18.4 Å². The Hall–Kier alpha value is -1.46. The molecule has 1 aromatic carbocycles. The van der Waals surface area contributed by atoms with Crippen molar-refractivity contribution in [1.29, 1.82) is 0 Å². The Balaban J connectivity index is 2.38. The summed E-state index contributed by atoms with van der Waals surface area (Å²) in [5.74, 6) is 2.35. The average Bonchev–Trinajstić information content (AvgIpc) is 2.62. The van der Waals surface area contributed by atoms with Gasteiger partial charge in [0.15, 0.2) is 11.5 Å². The number of hydrogen-bond donors (Lipinski definition) is 1. The number of nitrogens with one attached hydrogen (secondary N) is 1. The minimum absolute atomic E-state index is 0.354. The number of benzene rings is 1. The second kappa shape index (κ2) is 8.99. The first-order chi connectivity index (χ1) is 11.2. The summed E-state index contributed by atoms with van der Waals surface area (Å²) in [6.07, 6.45) is 3.52. The normalized spacial score (nSPS) is 16.9. The van der Waals surface area contributed by atoms with Crippen LogP contribution in [0.15, 0.2) is 12.1 Å². The Labute approximate surface area is 139 Å². The summed E-state index contributed by atoms with van der Waals surface area (Å²) in [6.45, 7) is 6.44. The lowest BCUT2D eigenvalue weighted by Crippen LogP contribution is -2.45. The fraction of sp³-hybridized carbons (Fsp3) is 0.667. The molecule has 0 spiro atoms. The molecule has 1 heterocycles. The lowest BCUT2D eigenvalue weighted by molar-refractivity contribution is 0.160. The van der Waals surface area contributed by atoms with Crippen LogP contribution in [0, 0.1) is 0 Å². The van der Waals surface area contributed by atoms with Crippen molar-refractivity contribution in [3.8, 4) is 17.2 Å². The maximum atomic E-state index is 5.66. The third-order valence-electron chi connectivity index (χ3n) is 4.52. The molecule has 1 aliphatic heterocycles. The van der Waals surface area contributed by atoms with Crippen LogP contribution in [0.4, 0.5) is 0 Å². The molecule has 2 rings (SSSR count). The fourth-order valence-electron chi connectivity index (χ4n) is 3.24. The average molecular weight is 322 g/mol. The molecule has 0 aliphatic carbocycles. The first kappa shape index (κ1) is 17.9. The molecule has 0 aromatic heterocycles. The van der Waals surface area contributed by atoms with E-state index < -0.39 is 0 Å². The molecule has 0 saturated carbocycles. The van der Waals surface area contributed by atoms with Crippen molar-refractivity contribution in [2.24, 2.45) is 0 Å². The van der Waals surface area contributed by atoms with Crippen LogP contribution in [-0.4, -0.2) is 52.4 Å². The first-order valence-electron chi connectivity index (χ1n) is 8.49. The summed E-state index contributed by atoms with van der Waals surface area (Å²) in [5, 5.41) is 3.43. The van der Waals surface area contributed by atoms with Crippen molar-refractivity contribution in [2.45, 2.75) is 32.2 Å². The van der Waals surface area contributed by atoms with E-state index >= 15 is 0 Å². The third kappa shape index (κ3) is 4.30. The van der Waals surface area contributed by atoms with Crippen LogP contribution in [0.2, 0.25) is 0 Å². The lowest BCUT2D eigenvalue weighted by Gasteiger charge is -2.36. The minimum Gasteiger partial charge on any atom is -0.496 e. The van der Waals surface area contributed by atoms with Gasteiger partial charge in [0.1, 0.15) is 5.75 Å². The van der Waals surface area contributed by atoms with Gasteiger partial charge >= 0.3 is 0 Å². The second-order valence-corrected chi connectivity index (χ2v) is 5.89. The van der Waals surface area contributed by atoms with Gasteiger partial charge in [-0.25, -0.2) is 0 Å². The van der Waals surface area contributed by atoms with E-state index in [9.17, 15) is 0 Å². The molecule has 1 N–H and O–H groups in total. The van der Waals surface area contributed by atoms with E-state index in [1.807, 2.05) is 6.07 Å². The molecular formula is C18H30N2O3. The topological polar surface area (TPSA) is 43.0 Å². The van der Waals surface area contributed by atoms with Gasteiger partial charge in [-0.1, -0.05) is 19.8 Å². The summed E-state index contributed by atoms with van der Waals surface area (Å²) in [6, 6.07) is 4.38. The van der Waals surface area contributed by atoms with E-state index in [0.717, 1.165) is 44.1 Å². The van der Waals surface area contributed by atoms with Crippen molar-refractivity contribution in [1.82, 2.24) is 10.2 Å². The van der Waals surface area contributed by atoms with Crippen LogP contribution in [0.1, 0.15) is 37.8 Å². The zero-order valence-corrected chi connectivity index (χ0v) is 14.9. The maximum absolute atomic E-state index is 5.66. The number of rotatable bonds is 8. The quantitative estimate of drug-likeness (QED) is 0.797. The van der Waals surface area contributed by atoms with E-state index in [0.29, 0.717) is 11.8 Å². The Morgan fingerprint density at radius 2 is 1.61 bits per heavy atom. The number of piperazine rings is 1. The highest BCUT2D eigenvalue weighted by Gasteiger charge is 2.26. The van der Waals surface area contributed by atoms with Gasteiger partial charge in [-0.15, -0.1) is 0 Å². The Bertz CT molecular complexity index is 487. The van der Waals surface area contributed by atoms with Crippen LogP contribution in [0.25, 0.3) is 0 Å². The molecule has 130 valence electrons. The summed E-state index contributed by atoms with van der Waals surface area (Å²) in [7, 11) is 5.06. The van der Waals surface area contributed by atoms with Crippen molar-refractivity contribution >= 4 is 0 Å². The van der Waals surface area contributed by atoms with Gasteiger partial charge in [0.2, 0.25) is 0 Å². The van der Waals surface area contributed by atoms with Gasteiger partial charge in [-0.05, 0) is 12.5 Å². The summed E-state index contributed by atoms with van der Waals surface area (Å²) in [5.41, 5.74) is 1.19. The van der Waals surface area contributed by atoms with Crippen LogP contribution >= 0.6 is 0 Å². The van der Waals surface area contributed by atoms with Gasteiger partial charge in [-0.3, -0.25) is 4.90 Å². The first-order valence-corrected chi connectivity index (χ1v) is 8.49. The molecule has 1 fully saturated rings. The molecule has 0 unspecified atom stereocenters. The smallest absolute Gasteiger partial charge is 0.164 e. The third-order valence-corrected chi connectivity index (χ3v) is 4.52. The standard InChI is InChI=1S/C18H30N2O3/c1-5-6-7-15(20-10-8-19-9-11-20)14-12-17(22-3)18(23-4)13-16(14)21-2/h12-13,15,19H,5-11H2,1-4H3/t15-/m1/s1. The SMILES string of the molecule is CCCC[C@H](c1cc(OC)c(OC)cc1OC)N1CCNCC1. The van der Waals surface area contributed by atoms with Crippen molar-refractivity contribution in [3.63, 3.8) is 0 Å². The van der Waals surface area contributed by atoms with Crippen molar-refractivity contribution in [3.05, 3.63) is 17.7 Å². The monoisotopic (exact) mass is 322 g/mol. The Morgan fingerprint density at radius 3 is 2.17 bits per heavy atom. The van der Waals surface area contributed by atoms with Crippen LogP contribution < -0.4 is 19.5 Å². The maximum Gasteiger partial charge on any atom is 0.164 e. The van der Waals surface area contributed by atoms with E-state index in [1.54, 1.807) is 21.3 Å². The minimum atomic E-state index is 0.354. The Kier molecular flexibility index (Phi) is 6.99. The predicted molar refractivity (Wildman–Crippen MR) is 92.8 cm³/mol. The number of ether oxygens (including phenoxy) is 3. The summed E-state index contributed by atoms with van der Waals surface area (Å²) in [4.78, 5) is 2.55. The number of hydrogen-bond acceptors (Lipinski definition) is 5. The molecule has 5 heteroatoms. The van der Waals surface area contributed by atoms with Crippen LogP contribution in [0.5, 0.6) is 17.2 Å². The van der Waals surface area contributed by atoms with Crippen LogP contribution in [0.3, 0.4) is 0 Å². The predicted octanol–water partition coefficient (Wildman–Crippen LogP) is 2.85. The highest BCUT2D eigenvalue weighted by Crippen LogP contribution is 2.40. The van der Waals surface area contributed by atoms with E-state index in [2.05, 4.69) is 23.2 Å². The second-order valence-electron chi connectivity index (χ2n) is 5.89. The van der Waals surface area contributed by atoms with Crippen molar-refractivity contribution < 1.29 is 14.2 Å². The summed E-state index contributed by atoms with van der Waals surface area (Å²) >= 11 is 0. The van der Waals surface area contributed by atoms with Gasteiger partial charge in [0, 0.05) is 43.9 Å². The molecule has 1 aliphatic rings. The lowest BCUT2D eigenvalue weighted by atomic mass is 9.97.